The summed E-state index contributed by atoms with van der Waals surface area (Å²) in [6.07, 6.45) is 1.87. The Labute approximate surface area is 138 Å². The molecule has 0 saturated carbocycles. The molecule has 0 unspecified atom stereocenters. The summed E-state index contributed by atoms with van der Waals surface area (Å²) in [4.78, 5) is 8.41. The molecular formula is C12H15IN4O2S. The summed E-state index contributed by atoms with van der Waals surface area (Å²) < 4.78 is 10.4. The number of halogens is 1. The van der Waals surface area contributed by atoms with Crippen LogP contribution in [-0.2, 0) is 0 Å². The van der Waals surface area contributed by atoms with Crippen LogP contribution in [0, 0.1) is 6.92 Å². The molecule has 2 aromatic rings. The molecule has 0 bridgehead atoms. The monoisotopic (exact) mass is 406 g/mol. The maximum atomic E-state index is 5.68. The zero-order chi connectivity index (χ0) is 13.8. The van der Waals surface area contributed by atoms with E-state index < -0.39 is 0 Å². The van der Waals surface area contributed by atoms with Crippen LogP contribution in [-0.4, -0.2) is 28.7 Å². The lowest BCUT2D eigenvalue weighted by molar-refractivity contribution is 0.404. The van der Waals surface area contributed by atoms with Gasteiger partial charge in [-0.15, -0.1) is 24.0 Å². The second-order valence-electron chi connectivity index (χ2n) is 3.69. The highest BCUT2D eigenvalue weighted by Gasteiger charge is 2.13. The quantitative estimate of drug-likeness (QED) is 0.479. The maximum absolute atomic E-state index is 5.68. The van der Waals surface area contributed by atoms with E-state index in [1.54, 1.807) is 20.1 Å². The third-order valence-corrected chi connectivity index (χ3v) is 2.90. The predicted molar refractivity (Wildman–Crippen MR) is 91.2 cm³/mol. The van der Waals surface area contributed by atoms with E-state index in [2.05, 4.69) is 15.1 Å². The van der Waals surface area contributed by atoms with Crippen molar-refractivity contribution >= 4 is 46.6 Å². The molecule has 0 atom stereocenters. The number of aryl methyl sites for hydroxylation is 1. The second kappa shape index (κ2) is 7.48. The number of nitrogens with zero attached hydrogens (tertiary/aromatic N) is 3. The van der Waals surface area contributed by atoms with Gasteiger partial charge < -0.3 is 15.0 Å². The van der Waals surface area contributed by atoms with Gasteiger partial charge in [-0.2, -0.15) is 4.98 Å². The number of aliphatic imine (C=N–C) groups is 1. The minimum Gasteiger partial charge on any atom is -0.496 e. The summed E-state index contributed by atoms with van der Waals surface area (Å²) in [6.45, 7) is 1.76. The van der Waals surface area contributed by atoms with Crippen LogP contribution < -0.4 is 10.5 Å². The van der Waals surface area contributed by atoms with Crippen LogP contribution in [0.25, 0.3) is 11.5 Å². The molecule has 2 rings (SSSR count). The topological polar surface area (TPSA) is 86.5 Å². The number of methoxy groups -OCH3 is 1. The van der Waals surface area contributed by atoms with Crippen LogP contribution in [0.4, 0.5) is 5.69 Å². The molecule has 0 aliphatic rings. The summed E-state index contributed by atoms with van der Waals surface area (Å²) in [5.74, 6) is 1.60. The Hall–Kier alpha value is -1.29. The number of ether oxygens (including phenoxy) is 1. The summed E-state index contributed by atoms with van der Waals surface area (Å²) in [5, 5.41) is 4.25. The number of thioether (sulfide) groups is 1. The van der Waals surface area contributed by atoms with Gasteiger partial charge in [-0.05, 0) is 25.3 Å². The summed E-state index contributed by atoms with van der Waals surface area (Å²) in [6, 6.07) is 5.41. The van der Waals surface area contributed by atoms with E-state index in [4.69, 9.17) is 15.0 Å². The number of aromatic nitrogens is 2. The second-order valence-corrected chi connectivity index (χ2v) is 4.51. The minimum atomic E-state index is 0. The van der Waals surface area contributed by atoms with Crippen molar-refractivity contribution in [1.29, 1.82) is 0 Å². The van der Waals surface area contributed by atoms with E-state index in [1.165, 1.54) is 11.8 Å². The Morgan fingerprint density at radius 3 is 2.75 bits per heavy atom. The minimum absolute atomic E-state index is 0. The van der Waals surface area contributed by atoms with Crippen molar-refractivity contribution in [3.8, 4) is 17.2 Å². The molecule has 0 saturated heterocycles. The molecule has 1 heterocycles. The third-order valence-electron chi connectivity index (χ3n) is 2.39. The molecule has 6 nitrogen and oxygen atoms in total. The van der Waals surface area contributed by atoms with E-state index in [1.807, 2.05) is 18.4 Å². The van der Waals surface area contributed by atoms with Crippen LogP contribution >= 0.6 is 35.7 Å². The van der Waals surface area contributed by atoms with Crippen LogP contribution in [0.3, 0.4) is 0 Å². The van der Waals surface area contributed by atoms with Gasteiger partial charge in [-0.3, -0.25) is 0 Å². The Kier molecular flexibility index (Phi) is 6.27. The van der Waals surface area contributed by atoms with Gasteiger partial charge in [-0.25, -0.2) is 4.99 Å². The normalized spacial score (nSPS) is 11.1. The first kappa shape index (κ1) is 16.8. The molecule has 1 aromatic carbocycles. The molecule has 0 aliphatic carbocycles. The van der Waals surface area contributed by atoms with Gasteiger partial charge in [-0.1, -0.05) is 16.9 Å². The van der Waals surface area contributed by atoms with Crippen molar-refractivity contribution in [2.75, 3.05) is 13.4 Å². The average Bonchev–Trinajstić information content (AvgIpc) is 2.84. The van der Waals surface area contributed by atoms with Gasteiger partial charge in [0.1, 0.15) is 5.75 Å². The van der Waals surface area contributed by atoms with Gasteiger partial charge in [0.25, 0.3) is 5.89 Å². The van der Waals surface area contributed by atoms with Crippen LogP contribution in [0.2, 0.25) is 0 Å². The molecule has 8 heteroatoms. The molecule has 0 amide bonds. The molecule has 0 radical (unpaired) electrons. The molecule has 2 N–H and O–H groups in total. The number of benzene rings is 1. The molecule has 0 aliphatic heterocycles. The smallest absolute Gasteiger partial charge is 0.261 e. The number of hydrogen-bond acceptors (Lipinski definition) is 6. The van der Waals surface area contributed by atoms with Crippen molar-refractivity contribution in [2.24, 2.45) is 10.7 Å². The van der Waals surface area contributed by atoms with E-state index in [0.717, 1.165) is 5.56 Å². The molecule has 1 aromatic heterocycles. The van der Waals surface area contributed by atoms with E-state index in [0.29, 0.717) is 28.3 Å². The lowest BCUT2D eigenvalue weighted by atomic mass is 10.2. The van der Waals surface area contributed by atoms with Gasteiger partial charge >= 0.3 is 0 Å². The Morgan fingerprint density at radius 1 is 1.45 bits per heavy atom. The van der Waals surface area contributed by atoms with Crippen molar-refractivity contribution in [3.05, 3.63) is 24.0 Å². The molecule has 0 fully saturated rings. The largest absolute Gasteiger partial charge is 0.496 e. The standard InChI is InChI=1S/C12H14N4O2S.HI/c1-7-14-11(18-16-7)9-5-4-8(6-10(9)17-2)15-12(13)19-3;/h4-6H,1-3H3,(H2,13,15);1H. The fraction of sp³-hybridized carbons (Fsp3) is 0.250. The van der Waals surface area contributed by atoms with E-state index in [9.17, 15) is 0 Å². The van der Waals surface area contributed by atoms with Gasteiger partial charge in [0, 0.05) is 6.07 Å². The highest BCUT2D eigenvalue weighted by atomic mass is 127. The lowest BCUT2D eigenvalue weighted by Gasteiger charge is -2.06. The number of hydrogen-bond donors (Lipinski definition) is 1. The molecular weight excluding hydrogens is 391 g/mol. The van der Waals surface area contributed by atoms with Crippen molar-refractivity contribution in [3.63, 3.8) is 0 Å². The average molecular weight is 406 g/mol. The number of rotatable bonds is 3. The first-order chi connectivity index (χ1) is 9.13. The predicted octanol–water partition coefficient (Wildman–Crippen LogP) is 2.98. The fourth-order valence-electron chi connectivity index (χ4n) is 1.51. The van der Waals surface area contributed by atoms with Crippen LogP contribution in [0.5, 0.6) is 5.75 Å². The SMILES string of the molecule is COc1cc(N=C(N)SC)ccc1-c1nc(C)no1.I. The fourth-order valence-corrected chi connectivity index (χ4v) is 1.70. The third kappa shape index (κ3) is 3.85. The number of amidine groups is 1. The zero-order valence-corrected chi connectivity index (χ0v) is 14.4. The highest BCUT2D eigenvalue weighted by molar-refractivity contribution is 14.0. The van der Waals surface area contributed by atoms with E-state index in [-0.39, 0.29) is 24.0 Å². The Bertz CT molecular complexity index is 615. The lowest BCUT2D eigenvalue weighted by Crippen LogP contribution is -2.04. The first-order valence-electron chi connectivity index (χ1n) is 5.51. The maximum Gasteiger partial charge on any atom is 0.261 e. The van der Waals surface area contributed by atoms with Gasteiger partial charge in [0.05, 0.1) is 18.4 Å². The molecule has 108 valence electrons. The summed E-state index contributed by atoms with van der Waals surface area (Å²) in [5.41, 5.74) is 7.12. The van der Waals surface area contributed by atoms with Gasteiger partial charge in [0.15, 0.2) is 11.0 Å². The number of nitrogens with two attached hydrogens (primary N) is 1. The summed E-state index contributed by atoms with van der Waals surface area (Å²) >= 11 is 1.38. The van der Waals surface area contributed by atoms with Gasteiger partial charge in [0.2, 0.25) is 0 Å². The molecule has 0 spiro atoms. The van der Waals surface area contributed by atoms with Crippen LogP contribution in [0.1, 0.15) is 5.82 Å². The zero-order valence-electron chi connectivity index (χ0n) is 11.3. The Balaban J connectivity index is 0.00000200. The van der Waals surface area contributed by atoms with Crippen molar-refractivity contribution in [2.45, 2.75) is 6.92 Å². The van der Waals surface area contributed by atoms with E-state index >= 15 is 0 Å². The summed E-state index contributed by atoms with van der Waals surface area (Å²) in [7, 11) is 1.58. The van der Waals surface area contributed by atoms with Crippen molar-refractivity contribution < 1.29 is 9.26 Å². The van der Waals surface area contributed by atoms with Crippen LogP contribution in [0.15, 0.2) is 27.7 Å². The molecule has 20 heavy (non-hydrogen) atoms. The first-order valence-corrected chi connectivity index (χ1v) is 6.73. The Morgan fingerprint density at radius 2 is 2.20 bits per heavy atom. The van der Waals surface area contributed by atoms with Crippen molar-refractivity contribution in [1.82, 2.24) is 10.1 Å². The highest BCUT2D eigenvalue weighted by Crippen LogP contribution is 2.32.